The third-order valence-corrected chi connectivity index (χ3v) is 6.18. The van der Waals surface area contributed by atoms with Crippen LogP contribution in [0.2, 0.25) is 0 Å². The highest BCUT2D eigenvalue weighted by molar-refractivity contribution is 8.18. The molecule has 8 heteroatoms. The number of imide groups is 1. The van der Waals surface area contributed by atoms with Crippen LogP contribution in [0.1, 0.15) is 40.7 Å². The molecule has 3 amide bonds. The molecule has 0 aromatic heterocycles. The highest BCUT2D eigenvalue weighted by Crippen LogP contribution is 2.32. The third-order valence-electron chi connectivity index (χ3n) is 5.37. The van der Waals surface area contributed by atoms with Crippen molar-refractivity contribution in [2.24, 2.45) is 0 Å². The maximum atomic E-state index is 12.6. The number of methoxy groups -OCH3 is 1. The summed E-state index contributed by atoms with van der Waals surface area (Å²) in [4.78, 5) is 37.9. The van der Waals surface area contributed by atoms with Crippen molar-refractivity contribution in [1.29, 1.82) is 0 Å². The van der Waals surface area contributed by atoms with Gasteiger partial charge in [0.1, 0.15) is 6.61 Å². The zero-order valence-electron chi connectivity index (χ0n) is 17.8. The summed E-state index contributed by atoms with van der Waals surface area (Å²) in [6.07, 6.45) is 4.96. The molecule has 2 saturated heterocycles. The second-order valence-electron chi connectivity index (χ2n) is 7.60. The Bertz CT molecular complexity index is 1060. The number of carbonyl (C=O) groups excluding carboxylic acids is 3. The van der Waals surface area contributed by atoms with Crippen LogP contribution >= 0.6 is 11.8 Å². The largest absolute Gasteiger partial charge is 0.493 e. The Labute approximate surface area is 190 Å². The predicted molar refractivity (Wildman–Crippen MR) is 123 cm³/mol. The Morgan fingerprint density at radius 2 is 1.81 bits per heavy atom. The van der Waals surface area contributed by atoms with Crippen LogP contribution in [0.4, 0.5) is 4.79 Å². The van der Waals surface area contributed by atoms with Gasteiger partial charge in [0.05, 0.1) is 12.0 Å². The van der Waals surface area contributed by atoms with Crippen molar-refractivity contribution in [3.05, 3.63) is 64.1 Å². The summed E-state index contributed by atoms with van der Waals surface area (Å²) in [5.74, 6) is 0.759. The van der Waals surface area contributed by atoms with Gasteiger partial charge in [0.2, 0.25) is 0 Å². The van der Waals surface area contributed by atoms with Gasteiger partial charge in [0, 0.05) is 18.7 Å². The lowest BCUT2D eigenvalue weighted by atomic mass is 10.1. The molecule has 2 fully saturated rings. The Morgan fingerprint density at radius 3 is 2.47 bits per heavy atom. The van der Waals surface area contributed by atoms with Crippen molar-refractivity contribution in [3.63, 3.8) is 0 Å². The first-order valence-corrected chi connectivity index (χ1v) is 11.3. The Kier molecular flexibility index (Phi) is 6.80. The normalized spacial score (nSPS) is 17.4. The molecule has 166 valence electrons. The summed E-state index contributed by atoms with van der Waals surface area (Å²) in [5, 5.41) is 1.85. The molecule has 0 saturated carbocycles. The number of ether oxygens (including phenoxy) is 2. The molecule has 32 heavy (non-hydrogen) atoms. The molecule has 0 aliphatic carbocycles. The van der Waals surface area contributed by atoms with Gasteiger partial charge >= 0.3 is 0 Å². The highest BCUT2D eigenvalue weighted by atomic mass is 32.2. The lowest BCUT2D eigenvalue weighted by molar-refractivity contribution is -0.115. The van der Waals surface area contributed by atoms with Crippen LogP contribution in [-0.4, -0.2) is 42.2 Å². The van der Waals surface area contributed by atoms with E-state index in [1.165, 1.54) is 6.42 Å². The van der Waals surface area contributed by atoms with Crippen molar-refractivity contribution in [1.82, 2.24) is 10.2 Å². The second-order valence-corrected chi connectivity index (χ2v) is 8.62. The smallest absolute Gasteiger partial charge is 0.290 e. The zero-order valence-corrected chi connectivity index (χ0v) is 18.6. The Balaban J connectivity index is 1.40. The molecule has 2 aliphatic rings. The van der Waals surface area contributed by atoms with E-state index < -0.39 is 5.91 Å². The summed E-state index contributed by atoms with van der Waals surface area (Å²) in [6.45, 7) is 1.98. The van der Waals surface area contributed by atoms with E-state index in [1.807, 2.05) is 29.2 Å². The molecule has 2 aliphatic heterocycles. The minimum atomic E-state index is -0.401. The number of nitrogens with one attached hydrogen (secondary N) is 1. The van der Waals surface area contributed by atoms with Crippen molar-refractivity contribution >= 4 is 34.9 Å². The van der Waals surface area contributed by atoms with Gasteiger partial charge in [-0.2, -0.15) is 0 Å². The van der Waals surface area contributed by atoms with Crippen molar-refractivity contribution in [3.8, 4) is 11.5 Å². The molecular weight excluding hydrogens is 428 g/mol. The lowest BCUT2D eigenvalue weighted by Gasteiger charge is -2.26. The van der Waals surface area contributed by atoms with E-state index in [1.54, 1.807) is 31.4 Å². The fourth-order valence-electron chi connectivity index (χ4n) is 3.65. The molecule has 0 atom stereocenters. The predicted octanol–water partition coefficient (Wildman–Crippen LogP) is 4.22. The van der Waals surface area contributed by atoms with Gasteiger partial charge in [-0.1, -0.05) is 18.2 Å². The second kappa shape index (κ2) is 9.91. The van der Waals surface area contributed by atoms with Gasteiger partial charge < -0.3 is 14.4 Å². The van der Waals surface area contributed by atoms with Crippen LogP contribution in [-0.2, 0) is 11.4 Å². The Morgan fingerprint density at radius 1 is 1.06 bits per heavy atom. The standard InChI is InChI=1S/C24H24N2O5S/c1-30-20-13-17(14-21-22(27)25-24(29)32-21)7-10-19(20)31-15-16-5-8-18(9-6-16)23(28)26-11-3-2-4-12-26/h5-10,13-14H,2-4,11-12,15H2,1H3,(H,25,27,29)/b21-14+. The van der Waals surface area contributed by atoms with E-state index >= 15 is 0 Å². The number of nitrogens with zero attached hydrogens (tertiary/aromatic N) is 1. The van der Waals surface area contributed by atoms with E-state index in [-0.39, 0.29) is 11.1 Å². The van der Waals surface area contributed by atoms with Gasteiger partial charge in [-0.05, 0) is 72.5 Å². The maximum Gasteiger partial charge on any atom is 0.290 e. The van der Waals surface area contributed by atoms with Crippen LogP contribution < -0.4 is 14.8 Å². The fraction of sp³-hybridized carbons (Fsp3) is 0.292. The molecule has 2 aromatic carbocycles. The average Bonchev–Trinajstić information content (AvgIpc) is 3.14. The zero-order chi connectivity index (χ0) is 22.5. The SMILES string of the molecule is COc1cc(/C=C2/SC(=O)NC2=O)ccc1OCc1ccc(C(=O)N2CCCCC2)cc1. The molecule has 2 aromatic rings. The number of thioether (sulfide) groups is 1. The van der Waals surface area contributed by atoms with Crippen LogP contribution in [0.15, 0.2) is 47.4 Å². The first kappa shape index (κ1) is 22.0. The quantitative estimate of drug-likeness (QED) is 0.661. The van der Waals surface area contributed by atoms with Crippen LogP contribution in [0, 0.1) is 0 Å². The first-order valence-electron chi connectivity index (χ1n) is 10.5. The molecule has 0 unspecified atom stereocenters. The first-order chi connectivity index (χ1) is 15.5. The summed E-state index contributed by atoms with van der Waals surface area (Å²) >= 11 is 0.868. The number of likely N-dealkylation sites (tertiary alicyclic amines) is 1. The van der Waals surface area contributed by atoms with E-state index in [4.69, 9.17) is 9.47 Å². The van der Waals surface area contributed by atoms with Crippen molar-refractivity contribution < 1.29 is 23.9 Å². The van der Waals surface area contributed by atoms with E-state index in [9.17, 15) is 14.4 Å². The fourth-order valence-corrected chi connectivity index (χ4v) is 4.33. The van der Waals surface area contributed by atoms with Crippen molar-refractivity contribution in [2.75, 3.05) is 20.2 Å². The minimum absolute atomic E-state index is 0.0827. The number of benzene rings is 2. The summed E-state index contributed by atoms with van der Waals surface area (Å²) in [6, 6.07) is 12.8. The van der Waals surface area contributed by atoms with E-state index in [0.717, 1.165) is 48.8 Å². The maximum absolute atomic E-state index is 12.6. The van der Waals surface area contributed by atoms with Gasteiger partial charge in [-0.15, -0.1) is 0 Å². The molecule has 0 spiro atoms. The number of piperidine rings is 1. The van der Waals surface area contributed by atoms with Crippen molar-refractivity contribution in [2.45, 2.75) is 25.9 Å². The summed E-state index contributed by atoms with van der Waals surface area (Å²) in [7, 11) is 1.54. The number of rotatable bonds is 6. The van der Waals surface area contributed by atoms with Crippen LogP contribution in [0.3, 0.4) is 0 Å². The number of carbonyl (C=O) groups is 3. The topological polar surface area (TPSA) is 84.9 Å². The summed E-state index contributed by atoms with van der Waals surface area (Å²) < 4.78 is 11.3. The lowest BCUT2D eigenvalue weighted by Crippen LogP contribution is -2.35. The Hall–Kier alpha value is -3.26. The summed E-state index contributed by atoms with van der Waals surface area (Å²) in [5.41, 5.74) is 2.35. The average molecular weight is 453 g/mol. The van der Waals surface area contributed by atoms with Gasteiger partial charge in [-0.25, -0.2) is 0 Å². The monoisotopic (exact) mass is 452 g/mol. The number of hydrogen-bond donors (Lipinski definition) is 1. The van der Waals surface area contributed by atoms with Gasteiger partial charge in [0.25, 0.3) is 17.1 Å². The number of amides is 3. The van der Waals surface area contributed by atoms with Gasteiger partial charge in [0.15, 0.2) is 11.5 Å². The molecule has 0 bridgehead atoms. The van der Waals surface area contributed by atoms with E-state index in [0.29, 0.717) is 28.6 Å². The molecular formula is C24H24N2O5S. The number of hydrogen-bond acceptors (Lipinski definition) is 6. The minimum Gasteiger partial charge on any atom is -0.493 e. The molecule has 7 nitrogen and oxygen atoms in total. The highest BCUT2D eigenvalue weighted by Gasteiger charge is 2.25. The molecule has 1 N–H and O–H groups in total. The molecule has 4 rings (SSSR count). The van der Waals surface area contributed by atoms with Gasteiger partial charge in [-0.3, -0.25) is 19.7 Å². The van der Waals surface area contributed by atoms with Crippen LogP contribution in [0.25, 0.3) is 6.08 Å². The van der Waals surface area contributed by atoms with E-state index in [2.05, 4.69) is 5.32 Å². The molecule has 0 radical (unpaired) electrons. The molecule has 2 heterocycles. The van der Waals surface area contributed by atoms with Crippen LogP contribution in [0.5, 0.6) is 11.5 Å². The third kappa shape index (κ3) is 5.13.